The van der Waals surface area contributed by atoms with Crippen molar-refractivity contribution < 1.29 is 9.13 Å². The Hall–Kier alpha value is -1.45. The number of ether oxygens (including phenoxy) is 1. The maximum atomic E-state index is 13.6. The summed E-state index contributed by atoms with van der Waals surface area (Å²) in [5.74, 6) is 0.0548. The molecule has 18 heavy (non-hydrogen) atoms. The molecule has 0 amide bonds. The van der Waals surface area contributed by atoms with Gasteiger partial charge in [0.1, 0.15) is 11.6 Å². The quantitative estimate of drug-likeness (QED) is 0.831. The van der Waals surface area contributed by atoms with E-state index in [-0.39, 0.29) is 10.7 Å². The number of nitrogens with two attached hydrogens (primary N) is 1. The van der Waals surface area contributed by atoms with E-state index in [0.717, 1.165) is 0 Å². The highest BCUT2D eigenvalue weighted by molar-refractivity contribution is 6.34. The number of nitrogen functional groups attached to an aromatic ring is 1. The first-order valence-electron chi connectivity index (χ1n) is 5.11. The predicted octanol–water partition coefficient (Wildman–Crippen LogP) is 4.39. The maximum Gasteiger partial charge on any atom is 0.148 e. The number of halogens is 3. The minimum absolute atomic E-state index is 0.0700. The van der Waals surface area contributed by atoms with Crippen LogP contribution in [0.2, 0.25) is 10.0 Å². The molecule has 5 heteroatoms. The zero-order valence-corrected chi connectivity index (χ0v) is 11.0. The predicted molar refractivity (Wildman–Crippen MR) is 72.8 cm³/mol. The third-order valence-corrected chi connectivity index (χ3v) is 3.21. The van der Waals surface area contributed by atoms with Gasteiger partial charge in [0.05, 0.1) is 17.8 Å². The van der Waals surface area contributed by atoms with Gasteiger partial charge in [-0.1, -0.05) is 23.2 Å². The standard InChI is InChI=1S/C13H10Cl2FNO/c1-18-8-2-3-10(14)9(6-8)7-4-11(15)13(17)12(16)5-7/h2-6H,17H2,1H3. The molecular formula is C13H10Cl2FNO. The summed E-state index contributed by atoms with van der Waals surface area (Å²) in [5, 5.41) is 0.639. The first kappa shape index (κ1) is 13.0. The fraction of sp³-hybridized carbons (Fsp3) is 0.0769. The molecule has 0 radical (unpaired) electrons. The number of anilines is 1. The lowest BCUT2D eigenvalue weighted by Crippen LogP contribution is -1.93. The van der Waals surface area contributed by atoms with Gasteiger partial charge in [-0.25, -0.2) is 4.39 Å². The van der Waals surface area contributed by atoms with Gasteiger partial charge in [0.2, 0.25) is 0 Å². The molecule has 2 nitrogen and oxygen atoms in total. The van der Waals surface area contributed by atoms with Crippen LogP contribution in [0.4, 0.5) is 10.1 Å². The summed E-state index contributed by atoms with van der Waals surface area (Å²) >= 11 is 11.9. The summed E-state index contributed by atoms with van der Waals surface area (Å²) in [6.07, 6.45) is 0. The van der Waals surface area contributed by atoms with Crippen molar-refractivity contribution in [3.05, 3.63) is 46.2 Å². The summed E-state index contributed by atoms with van der Waals surface area (Å²) < 4.78 is 18.7. The Morgan fingerprint density at radius 1 is 1.11 bits per heavy atom. The van der Waals surface area contributed by atoms with Crippen LogP contribution in [0, 0.1) is 5.82 Å². The van der Waals surface area contributed by atoms with Crippen LogP contribution >= 0.6 is 23.2 Å². The zero-order valence-electron chi connectivity index (χ0n) is 9.51. The van der Waals surface area contributed by atoms with Crippen molar-refractivity contribution in [1.82, 2.24) is 0 Å². The first-order valence-corrected chi connectivity index (χ1v) is 5.87. The largest absolute Gasteiger partial charge is 0.497 e. The molecule has 0 bridgehead atoms. The highest BCUT2D eigenvalue weighted by Gasteiger charge is 2.11. The lowest BCUT2D eigenvalue weighted by Gasteiger charge is -2.09. The number of benzene rings is 2. The highest BCUT2D eigenvalue weighted by Crippen LogP contribution is 2.35. The third kappa shape index (κ3) is 2.37. The Balaban J connectivity index is 2.61. The Labute approximate surface area is 114 Å². The van der Waals surface area contributed by atoms with Gasteiger partial charge < -0.3 is 10.5 Å². The van der Waals surface area contributed by atoms with Gasteiger partial charge in [0.25, 0.3) is 0 Å². The monoisotopic (exact) mass is 285 g/mol. The van der Waals surface area contributed by atoms with E-state index in [4.69, 9.17) is 33.7 Å². The van der Waals surface area contributed by atoms with E-state index in [0.29, 0.717) is 21.9 Å². The highest BCUT2D eigenvalue weighted by atomic mass is 35.5. The molecule has 0 unspecified atom stereocenters. The Kier molecular flexibility index (Phi) is 3.64. The SMILES string of the molecule is COc1ccc(Cl)c(-c2cc(F)c(N)c(Cl)c2)c1. The molecule has 0 aliphatic rings. The number of rotatable bonds is 2. The molecule has 0 spiro atoms. The molecule has 0 saturated carbocycles. The van der Waals surface area contributed by atoms with Crippen LogP contribution < -0.4 is 10.5 Å². The van der Waals surface area contributed by atoms with E-state index in [1.54, 1.807) is 31.4 Å². The van der Waals surface area contributed by atoms with Crippen molar-refractivity contribution in [2.75, 3.05) is 12.8 Å². The van der Waals surface area contributed by atoms with Crippen LogP contribution in [0.1, 0.15) is 0 Å². The van der Waals surface area contributed by atoms with E-state index < -0.39 is 5.82 Å². The zero-order chi connectivity index (χ0) is 13.3. The van der Waals surface area contributed by atoms with Crippen molar-refractivity contribution in [2.45, 2.75) is 0 Å². The molecule has 0 aliphatic carbocycles. The molecule has 0 aromatic heterocycles. The third-order valence-electron chi connectivity index (χ3n) is 2.56. The molecule has 2 N–H and O–H groups in total. The molecular weight excluding hydrogens is 276 g/mol. The van der Waals surface area contributed by atoms with Crippen LogP contribution in [-0.4, -0.2) is 7.11 Å². The van der Waals surface area contributed by atoms with Crippen LogP contribution in [0.25, 0.3) is 11.1 Å². The van der Waals surface area contributed by atoms with Crippen LogP contribution in [0.15, 0.2) is 30.3 Å². The van der Waals surface area contributed by atoms with Crippen LogP contribution in [0.3, 0.4) is 0 Å². The summed E-state index contributed by atoms with van der Waals surface area (Å²) in [6, 6.07) is 7.98. The normalized spacial score (nSPS) is 10.4. The van der Waals surface area contributed by atoms with Crippen molar-refractivity contribution in [3.8, 4) is 16.9 Å². The fourth-order valence-corrected chi connectivity index (χ4v) is 2.03. The van der Waals surface area contributed by atoms with Crippen molar-refractivity contribution in [2.24, 2.45) is 0 Å². The summed E-state index contributed by atoms with van der Waals surface area (Å²) in [4.78, 5) is 0. The van der Waals surface area contributed by atoms with E-state index >= 15 is 0 Å². The fourth-order valence-electron chi connectivity index (χ4n) is 1.59. The van der Waals surface area contributed by atoms with E-state index in [2.05, 4.69) is 0 Å². The molecule has 0 atom stereocenters. The minimum Gasteiger partial charge on any atom is -0.497 e. The van der Waals surface area contributed by atoms with Crippen LogP contribution in [0.5, 0.6) is 5.75 Å². The second-order valence-electron chi connectivity index (χ2n) is 3.70. The molecule has 2 aromatic carbocycles. The van der Waals surface area contributed by atoms with E-state index in [9.17, 15) is 4.39 Å². The average Bonchev–Trinajstić information content (AvgIpc) is 2.36. The average molecular weight is 286 g/mol. The number of methoxy groups -OCH3 is 1. The van der Waals surface area contributed by atoms with Gasteiger partial charge in [-0.05, 0) is 35.9 Å². The van der Waals surface area contributed by atoms with Gasteiger partial charge >= 0.3 is 0 Å². The topological polar surface area (TPSA) is 35.2 Å². The molecule has 0 aliphatic heterocycles. The van der Waals surface area contributed by atoms with Crippen molar-refractivity contribution in [1.29, 1.82) is 0 Å². The van der Waals surface area contributed by atoms with Gasteiger partial charge in [-0.3, -0.25) is 0 Å². The summed E-state index contributed by atoms with van der Waals surface area (Å²) in [7, 11) is 1.55. The second kappa shape index (κ2) is 5.04. The summed E-state index contributed by atoms with van der Waals surface area (Å²) in [6.45, 7) is 0. The Morgan fingerprint density at radius 2 is 1.83 bits per heavy atom. The lowest BCUT2D eigenvalue weighted by molar-refractivity contribution is 0.415. The molecule has 94 valence electrons. The molecule has 0 saturated heterocycles. The Bertz CT molecular complexity index is 579. The maximum absolute atomic E-state index is 13.6. The van der Waals surface area contributed by atoms with Gasteiger partial charge in [0, 0.05) is 10.6 Å². The molecule has 0 heterocycles. The smallest absolute Gasteiger partial charge is 0.148 e. The van der Waals surface area contributed by atoms with Gasteiger partial charge in [-0.15, -0.1) is 0 Å². The number of hydrogen-bond donors (Lipinski definition) is 1. The molecule has 2 rings (SSSR count). The van der Waals surface area contributed by atoms with Crippen LogP contribution in [-0.2, 0) is 0 Å². The van der Waals surface area contributed by atoms with Gasteiger partial charge in [0.15, 0.2) is 0 Å². The van der Waals surface area contributed by atoms with E-state index in [1.165, 1.54) is 6.07 Å². The van der Waals surface area contributed by atoms with Gasteiger partial charge in [-0.2, -0.15) is 0 Å². The minimum atomic E-state index is -0.573. The second-order valence-corrected chi connectivity index (χ2v) is 4.51. The first-order chi connectivity index (χ1) is 8.52. The summed E-state index contributed by atoms with van der Waals surface area (Å²) in [5.41, 5.74) is 6.58. The molecule has 0 fully saturated rings. The lowest BCUT2D eigenvalue weighted by atomic mass is 10.0. The van der Waals surface area contributed by atoms with Crippen molar-refractivity contribution in [3.63, 3.8) is 0 Å². The Morgan fingerprint density at radius 3 is 2.44 bits per heavy atom. The number of hydrogen-bond acceptors (Lipinski definition) is 2. The van der Waals surface area contributed by atoms with E-state index in [1.807, 2.05) is 0 Å². The molecule has 2 aromatic rings. The van der Waals surface area contributed by atoms with Crippen molar-refractivity contribution >= 4 is 28.9 Å².